The summed E-state index contributed by atoms with van der Waals surface area (Å²) in [5, 5.41) is 9.02. The summed E-state index contributed by atoms with van der Waals surface area (Å²) in [6, 6.07) is 18.4. The van der Waals surface area contributed by atoms with E-state index in [2.05, 4.69) is 9.97 Å². The van der Waals surface area contributed by atoms with Gasteiger partial charge in [-0.05, 0) is 30.3 Å². The van der Waals surface area contributed by atoms with Crippen molar-refractivity contribution in [3.8, 4) is 22.5 Å². The van der Waals surface area contributed by atoms with Gasteiger partial charge in [-0.1, -0.05) is 30.3 Å². The molecule has 2 heterocycles. The van der Waals surface area contributed by atoms with Crippen LogP contribution < -0.4 is 0 Å². The molecule has 21 heavy (non-hydrogen) atoms. The smallest absolute Gasteiger partial charge is 0.354 e. The minimum Gasteiger partial charge on any atom is -0.477 e. The van der Waals surface area contributed by atoms with E-state index in [9.17, 15) is 4.79 Å². The molecule has 0 saturated heterocycles. The summed E-state index contributed by atoms with van der Waals surface area (Å²) in [5.74, 6) is -1.03. The summed E-state index contributed by atoms with van der Waals surface area (Å²) in [6.45, 7) is 0. The van der Waals surface area contributed by atoms with Crippen molar-refractivity contribution in [2.45, 2.75) is 0 Å². The van der Waals surface area contributed by atoms with Crippen molar-refractivity contribution >= 4 is 5.97 Å². The second kappa shape index (κ2) is 5.54. The Labute approximate surface area is 121 Å². The molecule has 0 unspecified atom stereocenters. The molecular weight excluding hydrogens is 264 g/mol. The highest BCUT2D eigenvalue weighted by Gasteiger charge is 2.07. The van der Waals surface area contributed by atoms with Gasteiger partial charge in [-0.2, -0.15) is 0 Å². The molecule has 0 aliphatic heterocycles. The van der Waals surface area contributed by atoms with E-state index in [1.165, 1.54) is 6.07 Å². The van der Waals surface area contributed by atoms with Crippen LogP contribution in [0.25, 0.3) is 22.5 Å². The van der Waals surface area contributed by atoms with Gasteiger partial charge >= 0.3 is 5.97 Å². The van der Waals surface area contributed by atoms with E-state index in [1.807, 2.05) is 42.5 Å². The number of carboxylic acid groups (broad SMARTS) is 1. The molecule has 4 nitrogen and oxygen atoms in total. The monoisotopic (exact) mass is 276 g/mol. The molecule has 1 aromatic carbocycles. The molecule has 0 amide bonds. The average molecular weight is 276 g/mol. The number of carbonyl (C=O) groups is 1. The third kappa shape index (κ3) is 2.79. The second-order valence-electron chi connectivity index (χ2n) is 4.51. The standard InChI is InChI=1S/C17H12N2O2/c20-17(21)16-9-4-8-15(19-16)13-6-3-5-12(11-13)14-7-1-2-10-18-14/h1-11H,(H,20,21). The molecule has 0 spiro atoms. The number of hydrogen-bond acceptors (Lipinski definition) is 3. The summed E-state index contributed by atoms with van der Waals surface area (Å²) in [6.07, 6.45) is 1.74. The summed E-state index contributed by atoms with van der Waals surface area (Å²) < 4.78 is 0. The van der Waals surface area contributed by atoms with E-state index in [0.29, 0.717) is 5.69 Å². The predicted octanol–water partition coefficient (Wildman–Crippen LogP) is 3.51. The molecule has 0 saturated carbocycles. The Balaban J connectivity index is 2.04. The van der Waals surface area contributed by atoms with Gasteiger partial charge in [0.25, 0.3) is 0 Å². The van der Waals surface area contributed by atoms with Crippen LogP contribution in [-0.2, 0) is 0 Å². The van der Waals surface area contributed by atoms with Crippen LogP contribution in [-0.4, -0.2) is 21.0 Å². The maximum Gasteiger partial charge on any atom is 0.354 e. The van der Waals surface area contributed by atoms with E-state index >= 15 is 0 Å². The lowest BCUT2D eigenvalue weighted by molar-refractivity contribution is 0.0690. The first kappa shape index (κ1) is 13.0. The zero-order chi connectivity index (χ0) is 14.7. The molecule has 0 fully saturated rings. The Kier molecular flexibility index (Phi) is 3.43. The highest BCUT2D eigenvalue weighted by Crippen LogP contribution is 2.24. The number of hydrogen-bond donors (Lipinski definition) is 1. The van der Waals surface area contributed by atoms with E-state index in [0.717, 1.165) is 16.8 Å². The first-order chi connectivity index (χ1) is 10.2. The molecule has 0 atom stereocenters. The number of nitrogens with zero attached hydrogens (tertiary/aromatic N) is 2. The molecule has 0 bridgehead atoms. The van der Waals surface area contributed by atoms with Crippen molar-refractivity contribution in [2.24, 2.45) is 0 Å². The lowest BCUT2D eigenvalue weighted by Crippen LogP contribution is -2.00. The first-order valence-electron chi connectivity index (χ1n) is 6.46. The normalized spacial score (nSPS) is 10.3. The van der Waals surface area contributed by atoms with Crippen molar-refractivity contribution < 1.29 is 9.90 Å². The van der Waals surface area contributed by atoms with Crippen molar-refractivity contribution in [1.29, 1.82) is 0 Å². The largest absolute Gasteiger partial charge is 0.477 e. The molecule has 3 aromatic rings. The van der Waals surface area contributed by atoms with E-state index in [-0.39, 0.29) is 5.69 Å². The number of rotatable bonds is 3. The van der Waals surface area contributed by atoms with E-state index in [4.69, 9.17) is 5.11 Å². The number of carboxylic acids is 1. The summed E-state index contributed by atoms with van der Waals surface area (Å²) >= 11 is 0. The van der Waals surface area contributed by atoms with Crippen LogP contribution in [0.2, 0.25) is 0 Å². The zero-order valence-electron chi connectivity index (χ0n) is 11.1. The predicted molar refractivity (Wildman–Crippen MR) is 79.9 cm³/mol. The summed E-state index contributed by atoms with van der Waals surface area (Å²) in [5.41, 5.74) is 3.37. The fraction of sp³-hybridized carbons (Fsp3) is 0. The van der Waals surface area contributed by atoms with Crippen LogP contribution >= 0.6 is 0 Å². The lowest BCUT2D eigenvalue weighted by atomic mass is 10.0. The third-order valence-electron chi connectivity index (χ3n) is 3.09. The van der Waals surface area contributed by atoms with Crippen molar-refractivity contribution in [1.82, 2.24) is 9.97 Å². The summed E-state index contributed by atoms with van der Waals surface area (Å²) in [4.78, 5) is 19.5. The maximum atomic E-state index is 11.0. The minimum absolute atomic E-state index is 0.0377. The summed E-state index contributed by atoms with van der Waals surface area (Å²) in [7, 11) is 0. The van der Waals surface area contributed by atoms with Gasteiger partial charge in [-0.25, -0.2) is 9.78 Å². The van der Waals surface area contributed by atoms with Crippen LogP contribution in [0.1, 0.15) is 10.5 Å². The number of benzene rings is 1. The Hall–Kier alpha value is -3.01. The van der Waals surface area contributed by atoms with Crippen LogP contribution in [0, 0.1) is 0 Å². The first-order valence-corrected chi connectivity index (χ1v) is 6.46. The van der Waals surface area contributed by atoms with Gasteiger partial charge in [0, 0.05) is 17.3 Å². The molecular formula is C17H12N2O2. The zero-order valence-corrected chi connectivity index (χ0v) is 11.1. The van der Waals surface area contributed by atoms with Crippen LogP contribution in [0.15, 0.2) is 66.9 Å². The number of aromatic carboxylic acids is 1. The van der Waals surface area contributed by atoms with Gasteiger partial charge in [0.2, 0.25) is 0 Å². The van der Waals surface area contributed by atoms with Gasteiger partial charge in [0.1, 0.15) is 5.69 Å². The second-order valence-corrected chi connectivity index (χ2v) is 4.51. The minimum atomic E-state index is -1.03. The number of pyridine rings is 2. The van der Waals surface area contributed by atoms with E-state index in [1.54, 1.807) is 18.3 Å². The fourth-order valence-corrected chi connectivity index (χ4v) is 2.09. The molecule has 0 aliphatic carbocycles. The van der Waals surface area contributed by atoms with Crippen LogP contribution in [0.5, 0.6) is 0 Å². The highest BCUT2D eigenvalue weighted by molar-refractivity contribution is 5.86. The quantitative estimate of drug-likeness (QED) is 0.795. The average Bonchev–Trinajstić information content (AvgIpc) is 2.56. The highest BCUT2D eigenvalue weighted by atomic mass is 16.4. The fourth-order valence-electron chi connectivity index (χ4n) is 2.09. The molecule has 102 valence electrons. The van der Waals surface area contributed by atoms with Gasteiger partial charge in [-0.3, -0.25) is 4.98 Å². The van der Waals surface area contributed by atoms with Gasteiger partial charge in [-0.15, -0.1) is 0 Å². The van der Waals surface area contributed by atoms with Gasteiger partial charge in [0.05, 0.1) is 11.4 Å². The van der Waals surface area contributed by atoms with Crippen molar-refractivity contribution in [3.63, 3.8) is 0 Å². The Morgan fingerprint density at radius 1 is 0.857 bits per heavy atom. The molecule has 0 aliphatic rings. The van der Waals surface area contributed by atoms with Gasteiger partial charge < -0.3 is 5.11 Å². The number of aromatic nitrogens is 2. The molecule has 1 N–H and O–H groups in total. The lowest BCUT2D eigenvalue weighted by Gasteiger charge is -2.05. The third-order valence-corrected chi connectivity index (χ3v) is 3.09. The van der Waals surface area contributed by atoms with Gasteiger partial charge in [0.15, 0.2) is 0 Å². The van der Waals surface area contributed by atoms with Crippen LogP contribution in [0.4, 0.5) is 0 Å². The van der Waals surface area contributed by atoms with Crippen LogP contribution in [0.3, 0.4) is 0 Å². The van der Waals surface area contributed by atoms with E-state index < -0.39 is 5.97 Å². The molecule has 0 radical (unpaired) electrons. The molecule has 4 heteroatoms. The van der Waals surface area contributed by atoms with Crippen molar-refractivity contribution in [3.05, 3.63) is 72.6 Å². The van der Waals surface area contributed by atoms with Crippen molar-refractivity contribution in [2.75, 3.05) is 0 Å². The molecule has 3 rings (SSSR count). The maximum absolute atomic E-state index is 11.0. The topological polar surface area (TPSA) is 63.1 Å². The molecule has 2 aromatic heterocycles. The Bertz CT molecular complexity index is 786. The SMILES string of the molecule is O=C(O)c1cccc(-c2cccc(-c3ccccn3)c2)n1. The Morgan fingerprint density at radius 3 is 2.29 bits per heavy atom. The Morgan fingerprint density at radius 2 is 1.57 bits per heavy atom.